The van der Waals surface area contributed by atoms with Crippen molar-refractivity contribution in [2.24, 2.45) is 0 Å². The third kappa shape index (κ3) is 5.61. The smallest absolute Gasteiger partial charge is 0.243 e. The molecule has 0 saturated heterocycles. The second kappa shape index (κ2) is 10.5. The van der Waals surface area contributed by atoms with Crippen molar-refractivity contribution in [1.29, 1.82) is 0 Å². The summed E-state index contributed by atoms with van der Waals surface area (Å²) in [5.41, 5.74) is 3.60. The molecule has 0 fully saturated rings. The fraction of sp³-hybridized carbons (Fsp3) is 0.417. The number of para-hydroxylation sites is 2. The molecule has 0 radical (unpaired) electrons. The first kappa shape index (κ1) is 24.9. The van der Waals surface area contributed by atoms with Gasteiger partial charge in [0.05, 0.1) is 22.5 Å². The van der Waals surface area contributed by atoms with Gasteiger partial charge in [-0.3, -0.25) is 10.1 Å². The van der Waals surface area contributed by atoms with Crippen molar-refractivity contribution < 1.29 is 13.2 Å². The van der Waals surface area contributed by atoms with Gasteiger partial charge in [0.25, 0.3) is 0 Å². The molecule has 1 amide bonds. The average Bonchev–Trinajstić information content (AvgIpc) is 3.13. The molecular formula is C24H33N5O3S. The van der Waals surface area contributed by atoms with Gasteiger partial charge >= 0.3 is 0 Å². The van der Waals surface area contributed by atoms with Crippen LogP contribution in [0.4, 0.5) is 5.95 Å². The number of nitrogens with one attached hydrogen (secondary N) is 1. The minimum atomic E-state index is -3.79. The molecule has 0 spiro atoms. The lowest BCUT2D eigenvalue weighted by Gasteiger charge is -2.20. The summed E-state index contributed by atoms with van der Waals surface area (Å²) in [5.74, 6) is -0.0189. The number of imidazole rings is 1. The van der Waals surface area contributed by atoms with Gasteiger partial charge in [0, 0.05) is 20.1 Å². The standard InChI is InChI=1S/C24H33N5O3S/c1-6-28(7-2)14-15-29-22-11-9-8-10-21(22)25-24(29)26-23(30)17-27(5)33(31,32)20-13-12-18(3)19(4)16-20/h8-13,16H,6-7,14-15,17H2,1-5H3,(H,25,26,30). The summed E-state index contributed by atoms with van der Waals surface area (Å²) < 4.78 is 28.9. The normalized spacial score (nSPS) is 12.1. The number of aryl methyl sites for hydroxylation is 2. The van der Waals surface area contributed by atoms with Crippen LogP contribution in [-0.4, -0.2) is 66.3 Å². The Morgan fingerprint density at radius 3 is 2.42 bits per heavy atom. The maximum Gasteiger partial charge on any atom is 0.243 e. The number of anilines is 1. The van der Waals surface area contributed by atoms with Gasteiger partial charge in [-0.15, -0.1) is 0 Å². The number of carbonyl (C=O) groups excluding carboxylic acids is 1. The molecule has 8 nitrogen and oxygen atoms in total. The number of likely N-dealkylation sites (N-methyl/N-ethyl adjacent to an activating group) is 2. The number of fused-ring (bicyclic) bond motifs is 1. The van der Waals surface area contributed by atoms with E-state index in [1.165, 1.54) is 7.05 Å². The molecule has 2 aromatic carbocycles. The number of amides is 1. The molecule has 1 heterocycles. The summed E-state index contributed by atoms with van der Waals surface area (Å²) >= 11 is 0. The van der Waals surface area contributed by atoms with E-state index in [9.17, 15) is 13.2 Å². The van der Waals surface area contributed by atoms with E-state index in [1.54, 1.807) is 18.2 Å². The second-order valence-corrected chi connectivity index (χ2v) is 10.2. The number of hydrogen-bond acceptors (Lipinski definition) is 5. The van der Waals surface area contributed by atoms with Crippen LogP contribution in [0.15, 0.2) is 47.4 Å². The summed E-state index contributed by atoms with van der Waals surface area (Å²) in [4.78, 5) is 19.9. The molecule has 9 heteroatoms. The third-order valence-electron chi connectivity index (χ3n) is 5.99. The topological polar surface area (TPSA) is 87.5 Å². The minimum absolute atomic E-state index is 0.173. The number of rotatable bonds is 10. The Hall–Kier alpha value is -2.75. The van der Waals surface area contributed by atoms with E-state index in [2.05, 4.69) is 29.0 Å². The maximum absolute atomic E-state index is 13.0. The predicted octanol–water partition coefficient (Wildman–Crippen LogP) is 3.25. The lowest BCUT2D eigenvalue weighted by molar-refractivity contribution is -0.116. The fourth-order valence-electron chi connectivity index (χ4n) is 3.68. The largest absolute Gasteiger partial charge is 0.309 e. The van der Waals surface area contributed by atoms with Crippen LogP contribution in [0.5, 0.6) is 0 Å². The molecule has 3 aromatic rings. The SMILES string of the molecule is CCN(CC)CCn1c(NC(=O)CN(C)S(=O)(=O)c2ccc(C)c(C)c2)nc2ccccc21. The van der Waals surface area contributed by atoms with E-state index in [-0.39, 0.29) is 11.4 Å². The summed E-state index contributed by atoms with van der Waals surface area (Å²) in [6.45, 7) is 11.1. The van der Waals surface area contributed by atoms with Crippen LogP contribution >= 0.6 is 0 Å². The van der Waals surface area contributed by atoms with Crippen molar-refractivity contribution in [3.8, 4) is 0 Å². The van der Waals surface area contributed by atoms with Gasteiger partial charge < -0.3 is 9.47 Å². The highest BCUT2D eigenvalue weighted by Gasteiger charge is 2.24. The highest BCUT2D eigenvalue weighted by Crippen LogP contribution is 2.21. The summed E-state index contributed by atoms with van der Waals surface area (Å²) in [7, 11) is -2.38. The first-order valence-corrected chi connectivity index (χ1v) is 12.6. The Kier molecular flexibility index (Phi) is 7.88. The molecule has 33 heavy (non-hydrogen) atoms. The molecule has 0 aliphatic heterocycles. The summed E-state index contributed by atoms with van der Waals surface area (Å²) in [5, 5.41) is 2.82. The number of hydrogen-bond donors (Lipinski definition) is 1. The van der Waals surface area contributed by atoms with Gasteiger partial charge in [-0.25, -0.2) is 13.4 Å². The van der Waals surface area contributed by atoms with Crippen LogP contribution in [0.1, 0.15) is 25.0 Å². The van der Waals surface area contributed by atoms with E-state index in [4.69, 9.17) is 0 Å². The predicted molar refractivity (Wildman–Crippen MR) is 132 cm³/mol. The van der Waals surface area contributed by atoms with Crippen LogP contribution < -0.4 is 5.32 Å². The number of sulfonamides is 1. The van der Waals surface area contributed by atoms with Crippen LogP contribution in [0.2, 0.25) is 0 Å². The minimum Gasteiger partial charge on any atom is -0.309 e. The Morgan fingerprint density at radius 2 is 1.76 bits per heavy atom. The van der Waals surface area contributed by atoms with Gasteiger partial charge in [0.2, 0.25) is 21.9 Å². The monoisotopic (exact) mass is 471 g/mol. The molecule has 3 rings (SSSR count). The van der Waals surface area contributed by atoms with E-state index in [0.29, 0.717) is 12.5 Å². The highest BCUT2D eigenvalue weighted by atomic mass is 32.2. The number of benzene rings is 2. The van der Waals surface area contributed by atoms with Crippen LogP contribution in [0.3, 0.4) is 0 Å². The molecule has 0 saturated carbocycles. The Balaban J connectivity index is 1.78. The number of nitrogens with zero attached hydrogens (tertiary/aromatic N) is 4. The highest BCUT2D eigenvalue weighted by molar-refractivity contribution is 7.89. The van der Waals surface area contributed by atoms with Gasteiger partial charge in [-0.1, -0.05) is 32.0 Å². The zero-order valence-corrected chi connectivity index (χ0v) is 20.8. The molecule has 0 aliphatic carbocycles. The Morgan fingerprint density at radius 1 is 1.06 bits per heavy atom. The van der Waals surface area contributed by atoms with Crippen molar-refractivity contribution in [2.45, 2.75) is 39.1 Å². The van der Waals surface area contributed by atoms with Gasteiger partial charge in [-0.05, 0) is 62.3 Å². The Labute approximate surface area is 196 Å². The lowest BCUT2D eigenvalue weighted by Crippen LogP contribution is -2.35. The molecular weight excluding hydrogens is 438 g/mol. The number of carbonyl (C=O) groups is 1. The van der Waals surface area contributed by atoms with Crippen molar-refractivity contribution in [3.05, 3.63) is 53.6 Å². The second-order valence-electron chi connectivity index (χ2n) is 8.16. The molecule has 178 valence electrons. The van der Waals surface area contributed by atoms with Crippen molar-refractivity contribution >= 4 is 32.9 Å². The fourth-order valence-corrected chi connectivity index (χ4v) is 4.90. The van der Waals surface area contributed by atoms with Crippen LogP contribution in [0.25, 0.3) is 11.0 Å². The zero-order valence-electron chi connectivity index (χ0n) is 20.0. The van der Waals surface area contributed by atoms with E-state index in [0.717, 1.165) is 46.1 Å². The molecule has 0 atom stereocenters. The first-order valence-electron chi connectivity index (χ1n) is 11.2. The summed E-state index contributed by atoms with van der Waals surface area (Å²) in [6, 6.07) is 12.7. The van der Waals surface area contributed by atoms with E-state index in [1.807, 2.05) is 42.7 Å². The molecule has 0 bridgehead atoms. The molecule has 1 N–H and O–H groups in total. The lowest BCUT2D eigenvalue weighted by atomic mass is 10.1. The molecule has 1 aromatic heterocycles. The molecule has 0 aliphatic rings. The van der Waals surface area contributed by atoms with Crippen molar-refractivity contribution in [3.63, 3.8) is 0 Å². The van der Waals surface area contributed by atoms with Gasteiger partial charge in [0.15, 0.2) is 0 Å². The van der Waals surface area contributed by atoms with E-state index < -0.39 is 15.9 Å². The van der Waals surface area contributed by atoms with Gasteiger partial charge in [-0.2, -0.15) is 4.31 Å². The van der Waals surface area contributed by atoms with Gasteiger partial charge in [0.1, 0.15) is 0 Å². The average molecular weight is 472 g/mol. The van der Waals surface area contributed by atoms with Crippen LogP contribution in [0, 0.1) is 13.8 Å². The quantitative estimate of drug-likeness (QED) is 0.490. The Bertz CT molecular complexity index is 1230. The van der Waals surface area contributed by atoms with Crippen LogP contribution in [-0.2, 0) is 21.4 Å². The maximum atomic E-state index is 13.0. The first-order chi connectivity index (χ1) is 15.7. The number of aromatic nitrogens is 2. The van der Waals surface area contributed by atoms with E-state index >= 15 is 0 Å². The zero-order chi connectivity index (χ0) is 24.2. The third-order valence-corrected chi connectivity index (χ3v) is 7.79. The van der Waals surface area contributed by atoms with Crippen molar-refractivity contribution in [2.75, 3.05) is 38.5 Å². The molecule has 0 unspecified atom stereocenters. The summed E-state index contributed by atoms with van der Waals surface area (Å²) in [6.07, 6.45) is 0. The van der Waals surface area contributed by atoms with Crippen molar-refractivity contribution in [1.82, 2.24) is 18.8 Å².